The molecule has 0 saturated carbocycles. The van der Waals surface area contributed by atoms with E-state index >= 15 is 0 Å². The van der Waals surface area contributed by atoms with Crippen LogP contribution in [-0.4, -0.2) is 52.0 Å². The van der Waals surface area contributed by atoms with Crippen molar-refractivity contribution in [2.24, 2.45) is 0 Å². The van der Waals surface area contributed by atoms with Gasteiger partial charge < -0.3 is 15.0 Å². The van der Waals surface area contributed by atoms with Crippen LogP contribution in [0.4, 0.5) is 0 Å². The average Bonchev–Trinajstić information content (AvgIpc) is 2.40. The minimum absolute atomic E-state index is 0.185. The van der Waals surface area contributed by atoms with Gasteiger partial charge in [-0.25, -0.2) is 4.79 Å². The summed E-state index contributed by atoms with van der Waals surface area (Å²) in [5.74, 6) is -1.36. The van der Waals surface area contributed by atoms with Gasteiger partial charge in [-0.3, -0.25) is 14.4 Å². The van der Waals surface area contributed by atoms with Crippen LogP contribution in [0.5, 0.6) is 0 Å². The first kappa shape index (κ1) is 16.5. The molecule has 2 aliphatic heterocycles. The second-order valence-electron chi connectivity index (χ2n) is 6.12. The van der Waals surface area contributed by atoms with Gasteiger partial charge >= 0.3 is 5.97 Å². The van der Waals surface area contributed by atoms with Crippen LogP contribution in [0, 0.1) is 0 Å². The number of aldehydes is 1. The van der Waals surface area contributed by atoms with Gasteiger partial charge in [-0.2, -0.15) is 0 Å². The van der Waals surface area contributed by atoms with Crippen molar-refractivity contribution in [2.75, 3.05) is 0 Å². The third-order valence-corrected chi connectivity index (χ3v) is 4.33. The van der Waals surface area contributed by atoms with Gasteiger partial charge in [0.1, 0.15) is 23.3 Å². The van der Waals surface area contributed by atoms with Crippen LogP contribution in [-0.2, 0) is 23.9 Å². The van der Waals surface area contributed by atoms with Crippen LogP contribution >= 0.6 is 11.8 Å². The maximum absolute atomic E-state index is 12.3. The number of fused-ring (bicyclic) bond motifs is 1. The maximum Gasteiger partial charge on any atom is 0.334 e. The van der Waals surface area contributed by atoms with Crippen molar-refractivity contribution in [3.63, 3.8) is 0 Å². The summed E-state index contributed by atoms with van der Waals surface area (Å²) in [6.45, 7) is 6.45. The number of thioether (sulfide) groups is 1. The Bertz CT molecular complexity index is 566. The van der Waals surface area contributed by atoms with Gasteiger partial charge in [-0.05, 0) is 26.2 Å². The lowest BCUT2D eigenvalue weighted by molar-refractivity contribution is -0.170. The lowest BCUT2D eigenvalue weighted by Gasteiger charge is -2.51. The lowest BCUT2D eigenvalue weighted by Crippen LogP contribution is -2.74. The summed E-state index contributed by atoms with van der Waals surface area (Å²) in [6, 6.07) is -1.74. The Balaban J connectivity index is 2.24. The zero-order valence-corrected chi connectivity index (χ0v) is 13.6. The van der Waals surface area contributed by atoms with E-state index in [4.69, 9.17) is 4.74 Å². The van der Waals surface area contributed by atoms with Gasteiger partial charge in [0, 0.05) is 12.5 Å². The van der Waals surface area contributed by atoms with E-state index in [1.54, 1.807) is 26.2 Å². The largest absolute Gasteiger partial charge is 0.458 e. The topological polar surface area (TPSA) is 92.8 Å². The Labute approximate surface area is 132 Å². The number of ether oxygens (including phenoxy) is 1. The molecule has 1 saturated heterocycles. The molecule has 0 aromatic rings. The van der Waals surface area contributed by atoms with Gasteiger partial charge in [-0.15, -0.1) is 11.8 Å². The molecule has 22 heavy (non-hydrogen) atoms. The fourth-order valence-corrected chi connectivity index (χ4v) is 3.51. The lowest BCUT2D eigenvalue weighted by atomic mass is 9.98. The van der Waals surface area contributed by atoms with Crippen LogP contribution < -0.4 is 5.32 Å². The second kappa shape index (κ2) is 5.75. The Kier molecular flexibility index (Phi) is 4.32. The van der Waals surface area contributed by atoms with Gasteiger partial charge in [0.05, 0.1) is 0 Å². The average molecular weight is 326 g/mol. The highest BCUT2D eigenvalue weighted by Gasteiger charge is 2.56. The summed E-state index contributed by atoms with van der Waals surface area (Å²) < 4.78 is 5.30. The molecule has 1 fully saturated rings. The molecule has 0 bridgehead atoms. The van der Waals surface area contributed by atoms with E-state index in [1.807, 2.05) is 0 Å². The molecule has 0 spiro atoms. The summed E-state index contributed by atoms with van der Waals surface area (Å²) in [7, 11) is 0. The maximum atomic E-state index is 12.3. The number of carbonyl (C=O) groups is 4. The highest BCUT2D eigenvalue weighted by Crippen LogP contribution is 2.40. The Morgan fingerprint density at radius 2 is 2.05 bits per heavy atom. The van der Waals surface area contributed by atoms with Crippen molar-refractivity contribution in [1.29, 1.82) is 0 Å². The molecule has 2 heterocycles. The van der Waals surface area contributed by atoms with Gasteiger partial charge in [0.2, 0.25) is 11.8 Å². The number of β-lactam (4-membered cyclic amide) rings is 1. The molecule has 7 nitrogen and oxygen atoms in total. The molecule has 120 valence electrons. The second-order valence-corrected chi connectivity index (χ2v) is 7.11. The number of hydrogen-bond acceptors (Lipinski definition) is 6. The first-order valence-corrected chi connectivity index (χ1v) is 7.73. The molecule has 2 amide bonds. The van der Waals surface area contributed by atoms with Gasteiger partial charge in [0.15, 0.2) is 6.04 Å². The van der Waals surface area contributed by atoms with Crippen LogP contribution in [0.15, 0.2) is 11.0 Å². The van der Waals surface area contributed by atoms with Gasteiger partial charge in [-0.1, -0.05) is 0 Å². The van der Waals surface area contributed by atoms with Crippen molar-refractivity contribution < 1.29 is 23.9 Å². The smallest absolute Gasteiger partial charge is 0.334 e. The van der Waals surface area contributed by atoms with E-state index in [0.29, 0.717) is 6.29 Å². The molecule has 1 N–H and O–H groups in total. The van der Waals surface area contributed by atoms with Crippen molar-refractivity contribution in [3.8, 4) is 0 Å². The van der Waals surface area contributed by atoms with E-state index in [9.17, 15) is 19.2 Å². The molecule has 2 rings (SSSR count). The highest BCUT2D eigenvalue weighted by molar-refractivity contribution is 8.03. The first-order chi connectivity index (χ1) is 10.2. The third-order valence-electron chi connectivity index (χ3n) is 3.14. The molecule has 0 aromatic heterocycles. The van der Waals surface area contributed by atoms with Crippen LogP contribution in [0.25, 0.3) is 0 Å². The summed E-state index contributed by atoms with van der Waals surface area (Å²) in [5, 5.41) is 3.69. The fourth-order valence-electron chi connectivity index (χ4n) is 2.33. The van der Waals surface area contributed by atoms with Crippen molar-refractivity contribution in [2.45, 2.75) is 50.8 Å². The minimum atomic E-state index is -1.06. The Morgan fingerprint density at radius 1 is 1.41 bits per heavy atom. The summed E-state index contributed by atoms with van der Waals surface area (Å²) in [4.78, 5) is 48.2. The molecule has 2 aliphatic rings. The quantitative estimate of drug-likeness (QED) is 0.452. The number of amides is 2. The van der Waals surface area contributed by atoms with Crippen LogP contribution in [0.3, 0.4) is 0 Å². The number of carbonyl (C=O) groups excluding carboxylic acids is 4. The van der Waals surface area contributed by atoms with E-state index in [-0.39, 0.29) is 11.5 Å². The molecule has 0 radical (unpaired) electrons. The third kappa shape index (κ3) is 3.01. The van der Waals surface area contributed by atoms with Crippen molar-refractivity contribution in [1.82, 2.24) is 10.2 Å². The van der Waals surface area contributed by atoms with Crippen LogP contribution in [0.1, 0.15) is 27.7 Å². The predicted molar refractivity (Wildman–Crippen MR) is 79.6 cm³/mol. The summed E-state index contributed by atoms with van der Waals surface area (Å²) >= 11 is 1.23. The Hall–Kier alpha value is -1.83. The molecule has 0 aromatic carbocycles. The first-order valence-electron chi connectivity index (χ1n) is 6.78. The molecule has 0 aliphatic carbocycles. The zero-order valence-electron chi connectivity index (χ0n) is 12.8. The minimum Gasteiger partial charge on any atom is -0.458 e. The van der Waals surface area contributed by atoms with Gasteiger partial charge in [0.25, 0.3) is 0 Å². The number of nitrogens with zero attached hydrogens (tertiary/aromatic N) is 1. The molecule has 2 unspecified atom stereocenters. The molecule has 3 atom stereocenters. The standard InChI is InChI=1S/C14H18N2O5S/c1-7(18)15-9-11(19)16-10(13(20)21-14(2,3)4)8(5-17)6-22-12(9)16/h5-6,9-10,12H,1-4H3,(H,15,18)/t9?,10?,12-/m0/s1. The van der Waals surface area contributed by atoms with Crippen LogP contribution in [0.2, 0.25) is 0 Å². The van der Waals surface area contributed by atoms with E-state index < -0.39 is 34.9 Å². The highest BCUT2D eigenvalue weighted by atomic mass is 32.2. The van der Waals surface area contributed by atoms with Crippen molar-refractivity contribution >= 4 is 35.8 Å². The van der Waals surface area contributed by atoms with Crippen molar-refractivity contribution in [3.05, 3.63) is 11.0 Å². The number of hydrogen-bond donors (Lipinski definition) is 1. The summed E-state index contributed by atoms with van der Waals surface area (Å²) in [6.07, 6.45) is 0.552. The molecular weight excluding hydrogens is 308 g/mol. The molecule has 8 heteroatoms. The van der Waals surface area contributed by atoms with E-state index in [2.05, 4.69) is 5.32 Å². The normalized spacial score (nSPS) is 27.3. The number of esters is 1. The zero-order chi connectivity index (χ0) is 16.7. The SMILES string of the molecule is CC(=O)NC1C(=O)N2C(C(=O)OC(C)(C)C)C(C=O)=CS[C@@H]12. The van der Waals surface area contributed by atoms with E-state index in [1.165, 1.54) is 23.6 Å². The number of rotatable bonds is 3. The number of nitrogens with one attached hydrogen (secondary N) is 1. The summed E-state index contributed by atoms with van der Waals surface area (Å²) in [5.41, 5.74) is -0.541. The van der Waals surface area contributed by atoms with E-state index in [0.717, 1.165) is 0 Å². The Morgan fingerprint density at radius 3 is 2.55 bits per heavy atom. The molecular formula is C14H18N2O5S. The monoisotopic (exact) mass is 326 g/mol. The fraction of sp³-hybridized carbons (Fsp3) is 0.571. The predicted octanol–water partition coefficient (Wildman–Crippen LogP) is 0.199.